The van der Waals surface area contributed by atoms with Crippen molar-refractivity contribution in [2.24, 2.45) is 5.73 Å². The van der Waals surface area contributed by atoms with Crippen molar-refractivity contribution in [1.29, 1.82) is 0 Å². The molecule has 4 heteroatoms. The summed E-state index contributed by atoms with van der Waals surface area (Å²) in [5.41, 5.74) is 7.66. The summed E-state index contributed by atoms with van der Waals surface area (Å²) < 4.78 is 6.64. The third-order valence-electron chi connectivity index (χ3n) is 3.98. The van der Waals surface area contributed by atoms with E-state index in [0.29, 0.717) is 13.0 Å². The van der Waals surface area contributed by atoms with Crippen LogP contribution in [0.1, 0.15) is 30.4 Å². The van der Waals surface area contributed by atoms with Crippen molar-refractivity contribution < 1.29 is 9.53 Å². The molecule has 1 saturated carbocycles. The summed E-state index contributed by atoms with van der Waals surface area (Å²) in [4.78, 5) is 12.2. The number of hydrogen-bond acceptors (Lipinski definition) is 3. The summed E-state index contributed by atoms with van der Waals surface area (Å²) in [6.45, 7) is 0.709. The predicted octanol–water partition coefficient (Wildman–Crippen LogP) is 2.38. The van der Waals surface area contributed by atoms with Crippen LogP contribution in [0.5, 0.6) is 5.75 Å². The molecule has 0 spiro atoms. The van der Waals surface area contributed by atoms with Crippen LogP contribution in [-0.2, 0) is 17.6 Å². The average molecular weight is 310 g/mol. The molecule has 0 atom stereocenters. The number of ether oxygens (including phenoxy) is 1. The Morgan fingerprint density at radius 3 is 2.89 bits per heavy atom. The summed E-state index contributed by atoms with van der Waals surface area (Å²) in [7, 11) is 0. The Labute approximate surface area is 115 Å². The zero-order valence-electron chi connectivity index (χ0n) is 10.2. The van der Waals surface area contributed by atoms with Crippen LogP contribution in [0.25, 0.3) is 0 Å². The first-order chi connectivity index (χ1) is 8.58. The molecule has 0 radical (unpaired) electrons. The van der Waals surface area contributed by atoms with Crippen molar-refractivity contribution >= 4 is 21.7 Å². The number of rotatable bonds is 3. The van der Waals surface area contributed by atoms with E-state index in [1.807, 2.05) is 6.07 Å². The van der Waals surface area contributed by atoms with Crippen LogP contribution in [0.4, 0.5) is 0 Å². The zero-order valence-corrected chi connectivity index (χ0v) is 11.8. The molecule has 2 aliphatic rings. The minimum absolute atomic E-state index is 0.143. The molecule has 3 rings (SSSR count). The van der Waals surface area contributed by atoms with Gasteiger partial charge in [-0.3, -0.25) is 4.79 Å². The molecule has 3 nitrogen and oxygen atoms in total. The first-order valence-electron chi connectivity index (χ1n) is 6.35. The van der Waals surface area contributed by atoms with E-state index in [-0.39, 0.29) is 5.78 Å². The van der Waals surface area contributed by atoms with Gasteiger partial charge in [0.15, 0.2) is 5.78 Å². The van der Waals surface area contributed by atoms with Crippen molar-refractivity contribution in [3.8, 4) is 5.75 Å². The van der Waals surface area contributed by atoms with Crippen LogP contribution in [0.15, 0.2) is 16.6 Å². The molecular weight excluding hydrogens is 294 g/mol. The molecule has 1 aliphatic carbocycles. The van der Waals surface area contributed by atoms with E-state index in [9.17, 15) is 4.79 Å². The Kier molecular flexibility index (Phi) is 2.94. The Morgan fingerprint density at radius 1 is 1.44 bits per heavy atom. The molecule has 18 heavy (non-hydrogen) atoms. The third kappa shape index (κ3) is 1.97. The Bertz CT molecular complexity index is 509. The Balaban J connectivity index is 1.87. The topological polar surface area (TPSA) is 52.3 Å². The number of nitrogens with two attached hydrogens (primary N) is 1. The van der Waals surface area contributed by atoms with E-state index in [0.717, 1.165) is 41.5 Å². The molecule has 0 aromatic heterocycles. The first-order valence-corrected chi connectivity index (χ1v) is 7.14. The predicted molar refractivity (Wildman–Crippen MR) is 72.8 cm³/mol. The van der Waals surface area contributed by atoms with Crippen molar-refractivity contribution in [3.05, 3.63) is 27.7 Å². The summed E-state index contributed by atoms with van der Waals surface area (Å²) in [6.07, 6.45) is 4.02. The van der Waals surface area contributed by atoms with E-state index in [4.69, 9.17) is 10.5 Å². The Hall–Kier alpha value is -0.870. The van der Waals surface area contributed by atoms with Gasteiger partial charge < -0.3 is 10.5 Å². The van der Waals surface area contributed by atoms with Crippen LogP contribution in [0, 0.1) is 0 Å². The van der Waals surface area contributed by atoms with Crippen LogP contribution in [0.2, 0.25) is 0 Å². The molecule has 0 bridgehead atoms. The molecule has 0 saturated heterocycles. The van der Waals surface area contributed by atoms with Gasteiger partial charge in [0.05, 0.1) is 12.1 Å². The second-order valence-electron chi connectivity index (χ2n) is 5.26. The molecule has 0 unspecified atom stereocenters. The number of hydrogen-bond donors (Lipinski definition) is 1. The monoisotopic (exact) mass is 309 g/mol. The maximum absolute atomic E-state index is 12.2. The smallest absolute Gasteiger partial charge is 0.157 e. The van der Waals surface area contributed by atoms with Gasteiger partial charge in [-0.05, 0) is 37.0 Å². The highest BCUT2D eigenvalue weighted by molar-refractivity contribution is 9.10. The van der Waals surface area contributed by atoms with Gasteiger partial charge in [0.2, 0.25) is 0 Å². The van der Waals surface area contributed by atoms with Gasteiger partial charge in [-0.25, -0.2) is 0 Å². The van der Waals surface area contributed by atoms with Crippen LogP contribution >= 0.6 is 15.9 Å². The summed E-state index contributed by atoms with van der Waals surface area (Å²) in [5.74, 6) is 1.04. The lowest BCUT2D eigenvalue weighted by Gasteiger charge is -2.36. The third-order valence-corrected chi connectivity index (χ3v) is 4.44. The maximum atomic E-state index is 12.2. The average Bonchev–Trinajstić information content (AvgIpc) is 2.73. The van der Waals surface area contributed by atoms with E-state index < -0.39 is 5.54 Å². The van der Waals surface area contributed by atoms with E-state index in [2.05, 4.69) is 22.0 Å². The second kappa shape index (κ2) is 4.35. The van der Waals surface area contributed by atoms with Crippen molar-refractivity contribution in [2.75, 3.05) is 6.61 Å². The molecule has 1 aliphatic heterocycles. The summed E-state index contributed by atoms with van der Waals surface area (Å²) in [5, 5.41) is 0. The summed E-state index contributed by atoms with van der Waals surface area (Å²) in [6, 6.07) is 4.04. The van der Waals surface area contributed by atoms with E-state index in [1.165, 1.54) is 5.56 Å². The van der Waals surface area contributed by atoms with Gasteiger partial charge in [0.1, 0.15) is 5.75 Å². The fourth-order valence-corrected chi connectivity index (χ4v) is 3.22. The number of benzene rings is 1. The van der Waals surface area contributed by atoms with Gasteiger partial charge in [-0.15, -0.1) is 0 Å². The van der Waals surface area contributed by atoms with Crippen molar-refractivity contribution in [1.82, 2.24) is 0 Å². The maximum Gasteiger partial charge on any atom is 0.157 e. The molecule has 96 valence electrons. The largest absolute Gasteiger partial charge is 0.493 e. The van der Waals surface area contributed by atoms with Gasteiger partial charge in [0, 0.05) is 22.9 Å². The number of halogens is 1. The molecule has 1 aromatic carbocycles. The lowest BCUT2D eigenvalue weighted by Crippen LogP contribution is -2.54. The van der Waals surface area contributed by atoms with E-state index >= 15 is 0 Å². The van der Waals surface area contributed by atoms with Gasteiger partial charge in [-0.1, -0.05) is 15.9 Å². The van der Waals surface area contributed by atoms with Gasteiger partial charge >= 0.3 is 0 Å². The lowest BCUT2D eigenvalue weighted by atomic mass is 9.73. The van der Waals surface area contributed by atoms with Crippen LogP contribution < -0.4 is 10.5 Å². The minimum Gasteiger partial charge on any atom is -0.493 e. The van der Waals surface area contributed by atoms with Crippen LogP contribution in [0.3, 0.4) is 0 Å². The molecule has 2 N–H and O–H groups in total. The molecule has 0 amide bonds. The molecular formula is C14H16BrNO2. The molecule has 1 aromatic rings. The Morgan fingerprint density at radius 2 is 2.22 bits per heavy atom. The van der Waals surface area contributed by atoms with Gasteiger partial charge in [0.25, 0.3) is 0 Å². The number of fused-ring (bicyclic) bond motifs is 1. The van der Waals surface area contributed by atoms with Crippen molar-refractivity contribution in [3.63, 3.8) is 0 Å². The highest BCUT2D eigenvalue weighted by atomic mass is 79.9. The SMILES string of the molecule is NC1(C(=O)Cc2cc(Br)cc3c2OCC3)CCC1. The fraction of sp³-hybridized carbons (Fsp3) is 0.500. The molecule has 1 heterocycles. The highest BCUT2D eigenvalue weighted by Gasteiger charge is 2.39. The zero-order chi connectivity index (χ0) is 12.8. The minimum atomic E-state index is -0.576. The van der Waals surface area contributed by atoms with Crippen LogP contribution in [-0.4, -0.2) is 17.9 Å². The second-order valence-corrected chi connectivity index (χ2v) is 6.18. The fourth-order valence-electron chi connectivity index (χ4n) is 2.66. The number of carbonyl (C=O) groups is 1. The standard InChI is InChI=1S/C14H16BrNO2/c15-11-6-9-2-5-18-13(9)10(7-11)8-12(17)14(16)3-1-4-14/h6-7H,1-5,8,16H2. The molecule has 1 fully saturated rings. The highest BCUT2D eigenvalue weighted by Crippen LogP contribution is 2.36. The number of Topliss-reactive ketones (excluding diaryl/α,β-unsaturated/α-hetero) is 1. The normalized spacial score (nSPS) is 19.9. The first kappa shape index (κ1) is 12.2. The number of carbonyl (C=O) groups excluding carboxylic acids is 1. The van der Waals surface area contributed by atoms with E-state index in [1.54, 1.807) is 0 Å². The quantitative estimate of drug-likeness (QED) is 0.932. The lowest BCUT2D eigenvalue weighted by molar-refractivity contribution is -0.126. The number of ketones is 1. The summed E-state index contributed by atoms with van der Waals surface area (Å²) >= 11 is 3.49. The van der Waals surface area contributed by atoms with Crippen molar-refractivity contribution in [2.45, 2.75) is 37.6 Å². The van der Waals surface area contributed by atoms with Gasteiger partial charge in [-0.2, -0.15) is 0 Å².